The Labute approximate surface area is 347 Å². The molecule has 0 saturated carbocycles. The molecular weight excluding hydrogens is 788 g/mol. The van der Waals surface area contributed by atoms with Gasteiger partial charge in [0.25, 0.3) is 17.7 Å². The predicted octanol–water partition coefficient (Wildman–Crippen LogP) is 4.70. The van der Waals surface area contributed by atoms with Crippen LogP contribution in [0.1, 0.15) is 74.1 Å². The number of halogens is 1. The molecule has 3 saturated heterocycles. The second-order valence-corrected chi connectivity index (χ2v) is 17.2. The van der Waals surface area contributed by atoms with E-state index in [-0.39, 0.29) is 49.0 Å². The highest BCUT2D eigenvalue weighted by Gasteiger charge is 2.45. The van der Waals surface area contributed by atoms with E-state index in [2.05, 4.69) is 48.6 Å². The lowest BCUT2D eigenvalue weighted by atomic mass is 9.99. The highest BCUT2D eigenvalue weighted by atomic mass is 32.1. The van der Waals surface area contributed by atoms with Crippen molar-refractivity contribution in [3.8, 4) is 11.1 Å². The maximum absolute atomic E-state index is 16.0. The molecule has 0 radical (unpaired) electrons. The van der Waals surface area contributed by atoms with Gasteiger partial charge in [-0.15, -0.1) is 11.3 Å². The number of piperazine rings is 1. The number of fused-ring (bicyclic) bond motifs is 5. The van der Waals surface area contributed by atoms with Gasteiger partial charge in [0.1, 0.15) is 5.82 Å². The Kier molecular flexibility index (Phi) is 8.59. The molecule has 0 spiro atoms. The van der Waals surface area contributed by atoms with Gasteiger partial charge in [0.2, 0.25) is 5.91 Å². The maximum atomic E-state index is 16.0. The van der Waals surface area contributed by atoms with Gasteiger partial charge in [0.05, 0.1) is 31.7 Å². The third-order valence-corrected chi connectivity index (χ3v) is 13.5. The van der Waals surface area contributed by atoms with Crippen molar-refractivity contribution in [1.82, 2.24) is 39.7 Å². The van der Waals surface area contributed by atoms with Crippen LogP contribution >= 0.6 is 11.3 Å². The Bertz CT molecular complexity index is 2630. The molecule has 3 aromatic carbocycles. The number of aryl methyl sites for hydroxylation is 1. The number of hydrogen-bond acceptors (Lipinski definition) is 10. The molecule has 1 unspecified atom stereocenters. The second-order valence-electron chi connectivity index (χ2n) is 16.3. The van der Waals surface area contributed by atoms with Crippen LogP contribution in [0, 0.1) is 5.82 Å². The zero-order valence-electron chi connectivity index (χ0n) is 32.3. The van der Waals surface area contributed by atoms with E-state index < -0.39 is 29.7 Å². The first-order valence-corrected chi connectivity index (χ1v) is 21.1. The second kappa shape index (κ2) is 14.1. The van der Waals surface area contributed by atoms with Crippen molar-refractivity contribution in [1.29, 1.82) is 0 Å². The Morgan fingerprint density at radius 2 is 1.77 bits per heavy atom. The number of hydrazine groups is 1. The van der Waals surface area contributed by atoms with Gasteiger partial charge in [0, 0.05) is 84.3 Å². The number of benzene rings is 3. The van der Waals surface area contributed by atoms with E-state index in [9.17, 15) is 24.0 Å². The fraction of sp³-hybridized carbons (Fsp3) is 0.326. The summed E-state index contributed by atoms with van der Waals surface area (Å²) in [6.07, 6.45) is 6.15. The number of rotatable bonds is 9. The molecule has 2 bridgehead atoms. The summed E-state index contributed by atoms with van der Waals surface area (Å²) in [7, 11) is 0. The molecule has 6 aliphatic rings. The highest BCUT2D eigenvalue weighted by Crippen LogP contribution is 2.40. The van der Waals surface area contributed by atoms with Crippen molar-refractivity contribution >= 4 is 51.8 Å². The van der Waals surface area contributed by atoms with E-state index >= 15 is 4.39 Å². The number of hydrogen-bond donors (Lipinski definition) is 2. The lowest BCUT2D eigenvalue weighted by Crippen LogP contribution is -2.56. The van der Waals surface area contributed by atoms with Crippen LogP contribution in [-0.4, -0.2) is 95.7 Å². The lowest BCUT2D eigenvalue weighted by Gasteiger charge is -2.35. The summed E-state index contributed by atoms with van der Waals surface area (Å²) in [6.45, 7) is 3.69. The van der Waals surface area contributed by atoms with Gasteiger partial charge in [-0.25, -0.2) is 29.2 Å². The molecule has 11 rings (SSSR count). The Hall–Kier alpha value is -6.46. The zero-order chi connectivity index (χ0) is 40.8. The number of aromatic nitrogens is 3. The Morgan fingerprint density at radius 1 is 0.900 bits per heavy atom. The van der Waals surface area contributed by atoms with Crippen molar-refractivity contribution in [3.63, 3.8) is 0 Å². The van der Waals surface area contributed by atoms with Crippen LogP contribution in [-0.2, 0) is 42.2 Å². The van der Waals surface area contributed by atoms with E-state index in [0.717, 1.165) is 73.5 Å². The minimum absolute atomic E-state index is 0.0519. The molecule has 3 atom stereocenters. The van der Waals surface area contributed by atoms with E-state index in [1.165, 1.54) is 32.3 Å². The molecule has 15 nitrogen and oxygen atoms in total. The minimum atomic E-state index is -1.05. The highest BCUT2D eigenvalue weighted by molar-refractivity contribution is 7.13. The number of carbonyl (C=O) groups is 5. The van der Waals surface area contributed by atoms with Crippen LogP contribution in [0.4, 0.5) is 20.0 Å². The average molecular weight is 827 g/mol. The number of thiazole rings is 1. The van der Waals surface area contributed by atoms with E-state index in [4.69, 9.17) is 0 Å². The number of nitrogens with zero attached hydrogens (tertiary/aromatic N) is 8. The summed E-state index contributed by atoms with van der Waals surface area (Å²) in [5.74, 6) is -1.93. The standard InChI is InChI=1S/C43H39FN10O5S/c44-34-16-26(15-32-33(34)22-52(40(32)57)38(39(56)48-42-45-10-13-60-42)37-35-2-1-11-49(35)23-46-37)25-4-6-28(7-5-25)51-21-29-17-30(51)20-50(29)18-24-3-8-31-27(14-24)19-54(41(31)58)53-12-9-36(55)47-43(53)59/h3-8,10,13-16,23,29-30,38H,1-2,9,11-12,17-22H2,(H,45,48,56)(H,47,55,59)/t29-,30-,38?/m1/s1. The first-order chi connectivity index (χ1) is 29.2. The van der Waals surface area contributed by atoms with Gasteiger partial charge in [0.15, 0.2) is 11.2 Å². The monoisotopic (exact) mass is 826 g/mol. The van der Waals surface area contributed by atoms with Crippen molar-refractivity contribution in [2.75, 3.05) is 29.9 Å². The van der Waals surface area contributed by atoms with Crippen LogP contribution in [0.5, 0.6) is 0 Å². The van der Waals surface area contributed by atoms with Gasteiger partial charge in [-0.3, -0.25) is 34.7 Å². The smallest absolute Gasteiger partial charge is 0.342 e. The molecule has 17 heteroatoms. The SMILES string of the molecule is O=C1CCN(N2Cc3cc(CN4C[C@H]5C[C@@H]4CN5c4ccc(-c5cc(F)c6c(c5)C(=O)N(C(C(=O)Nc5nccs5)c5ncn7c5CCC7)C6)cc4)ccc3C2=O)C(=O)N1. The third kappa shape index (κ3) is 6.05. The Balaban J connectivity index is 0.763. The van der Waals surface area contributed by atoms with Gasteiger partial charge < -0.3 is 14.4 Å². The van der Waals surface area contributed by atoms with Gasteiger partial charge in [-0.1, -0.05) is 24.3 Å². The van der Waals surface area contributed by atoms with Gasteiger partial charge in [-0.2, -0.15) is 0 Å². The molecule has 0 aliphatic carbocycles. The molecule has 304 valence electrons. The first-order valence-electron chi connectivity index (χ1n) is 20.2. The van der Waals surface area contributed by atoms with Crippen LogP contribution in [0.15, 0.2) is 72.5 Å². The summed E-state index contributed by atoms with van der Waals surface area (Å²) >= 11 is 1.28. The molecule has 3 fully saturated rings. The first kappa shape index (κ1) is 36.6. The van der Waals surface area contributed by atoms with Crippen molar-refractivity contribution < 1.29 is 28.4 Å². The average Bonchev–Trinajstić information content (AvgIpc) is 4.11. The van der Waals surface area contributed by atoms with Crippen molar-refractivity contribution in [2.45, 2.75) is 70.0 Å². The normalized spacial score (nSPS) is 21.2. The molecule has 6 amide bonds. The number of nitrogens with one attached hydrogen (secondary N) is 2. The molecule has 60 heavy (non-hydrogen) atoms. The predicted molar refractivity (Wildman–Crippen MR) is 217 cm³/mol. The minimum Gasteiger partial charge on any atom is -0.366 e. The van der Waals surface area contributed by atoms with Crippen molar-refractivity contribution in [2.24, 2.45) is 0 Å². The number of urea groups is 1. The largest absolute Gasteiger partial charge is 0.366 e. The van der Waals surface area contributed by atoms with Crippen LogP contribution in [0.3, 0.4) is 0 Å². The fourth-order valence-corrected chi connectivity index (χ4v) is 10.5. The summed E-state index contributed by atoms with van der Waals surface area (Å²) in [5.41, 5.74) is 6.93. The summed E-state index contributed by atoms with van der Waals surface area (Å²) in [6, 6.07) is 16.2. The molecular formula is C43H39FN10O5S. The van der Waals surface area contributed by atoms with Crippen LogP contribution in [0.25, 0.3) is 11.1 Å². The summed E-state index contributed by atoms with van der Waals surface area (Å²) < 4.78 is 18.0. The van der Waals surface area contributed by atoms with Crippen LogP contribution < -0.4 is 15.5 Å². The number of carbonyl (C=O) groups excluding carboxylic acids is 5. The van der Waals surface area contributed by atoms with E-state index in [1.54, 1.807) is 24.0 Å². The summed E-state index contributed by atoms with van der Waals surface area (Å²) in [4.78, 5) is 80.3. The van der Waals surface area contributed by atoms with Gasteiger partial charge in [-0.05, 0) is 71.8 Å². The third-order valence-electron chi connectivity index (χ3n) is 12.8. The molecule has 5 aromatic rings. The van der Waals surface area contributed by atoms with Crippen molar-refractivity contribution in [3.05, 3.63) is 118 Å². The fourth-order valence-electron chi connectivity index (χ4n) is 9.94. The van der Waals surface area contributed by atoms with Crippen LogP contribution in [0.2, 0.25) is 0 Å². The van der Waals surface area contributed by atoms with E-state index in [0.29, 0.717) is 34.0 Å². The quantitative estimate of drug-likeness (QED) is 0.215. The molecule has 2 N–H and O–H groups in total. The number of imidazole rings is 1. The summed E-state index contributed by atoms with van der Waals surface area (Å²) in [5, 5.41) is 10.0. The topological polar surface area (TPSA) is 156 Å². The lowest BCUT2D eigenvalue weighted by molar-refractivity contribution is -0.123. The number of amides is 6. The zero-order valence-corrected chi connectivity index (χ0v) is 33.2. The van der Waals surface area contributed by atoms with Gasteiger partial charge >= 0.3 is 6.03 Å². The number of anilines is 2. The molecule has 2 aromatic heterocycles. The van der Waals surface area contributed by atoms with E-state index in [1.807, 2.05) is 28.8 Å². The number of likely N-dealkylation sites (tertiary alicyclic amines) is 1. The number of imide groups is 1. The molecule has 8 heterocycles. The Morgan fingerprint density at radius 3 is 2.55 bits per heavy atom. The maximum Gasteiger partial charge on any atom is 0.342 e. The molecule has 6 aliphatic heterocycles.